The molecule has 0 amide bonds. The minimum atomic E-state index is -5.75. The summed E-state index contributed by atoms with van der Waals surface area (Å²) in [5.41, 5.74) is 2.26. The molecule has 45 heavy (non-hydrogen) atoms. The van der Waals surface area contributed by atoms with Crippen molar-refractivity contribution in [1.29, 1.82) is 0 Å². The number of ether oxygens (including phenoxy) is 2. The fourth-order valence-corrected chi connectivity index (χ4v) is 6.82. The van der Waals surface area contributed by atoms with Crippen molar-refractivity contribution in [3.8, 4) is 11.1 Å². The number of aliphatic hydroxyl groups is 2. The Morgan fingerprint density at radius 1 is 0.822 bits per heavy atom. The Labute approximate surface area is 252 Å². The van der Waals surface area contributed by atoms with E-state index in [-0.39, 0.29) is 5.56 Å². The first-order valence-electron chi connectivity index (χ1n) is 12.5. The van der Waals surface area contributed by atoms with Crippen LogP contribution in [0.15, 0.2) is 36.4 Å². The molecule has 0 spiro atoms. The monoisotopic (exact) mass is 701 g/mol. The molecule has 0 bridgehead atoms. The van der Waals surface area contributed by atoms with Crippen LogP contribution in [0.2, 0.25) is 0 Å². The molecule has 7 unspecified atom stereocenters. The van der Waals surface area contributed by atoms with Crippen molar-refractivity contribution in [3.05, 3.63) is 63.2 Å². The standard InChI is InChI=1S/C22H26NO19P3/c1-9(13-8-14-11(7-15(13)23(27)28)6-10-4-2-3-5-12(10)14)38-22(26)39-20-18(40-43(29,30)31)16(24)17(25)19(41-44(32,33)34)21(20)42-45(35,36)37/h2-5,7-9,16-21,24-25H,6H2,1H3,(H2,29,30,31)(H2,32,33,34)(H2,35,36,37). The second kappa shape index (κ2) is 12.9. The Bertz CT molecular complexity index is 1620. The summed E-state index contributed by atoms with van der Waals surface area (Å²) in [4.78, 5) is 80.1. The number of carbonyl (C=O) groups excluding carboxylic acids is 1. The number of fused-ring (bicyclic) bond motifs is 3. The predicted molar refractivity (Wildman–Crippen MR) is 144 cm³/mol. The molecule has 1 fully saturated rings. The third-order valence-electron chi connectivity index (χ3n) is 6.85. The van der Waals surface area contributed by atoms with Crippen LogP contribution in [0.1, 0.15) is 29.7 Å². The van der Waals surface area contributed by atoms with Gasteiger partial charge >= 0.3 is 29.6 Å². The van der Waals surface area contributed by atoms with Crippen molar-refractivity contribution >= 4 is 35.3 Å². The van der Waals surface area contributed by atoms with Crippen LogP contribution < -0.4 is 0 Å². The normalized spacial score (nSPS) is 25.6. The molecule has 2 aromatic rings. The van der Waals surface area contributed by atoms with Crippen LogP contribution in [0.3, 0.4) is 0 Å². The molecular formula is C22H26NO19P3. The summed E-state index contributed by atoms with van der Waals surface area (Å²) in [6, 6.07) is 9.82. The van der Waals surface area contributed by atoms with E-state index in [4.69, 9.17) is 9.47 Å². The third kappa shape index (κ3) is 8.40. The van der Waals surface area contributed by atoms with E-state index in [1.807, 2.05) is 6.07 Å². The quantitative estimate of drug-likeness (QED) is 0.0630. The van der Waals surface area contributed by atoms with Gasteiger partial charge in [-0.15, -0.1) is 0 Å². The van der Waals surface area contributed by atoms with Crippen LogP contribution in [-0.4, -0.2) is 87.3 Å². The Hall–Kier alpha value is -2.64. The molecule has 8 N–H and O–H groups in total. The van der Waals surface area contributed by atoms with Crippen molar-refractivity contribution in [3.63, 3.8) is 0 Å². The maximum atomic E-state index is 13.0. The van der Waals surface area contributed by atoms with E-state index in [2.05, 4.69) is 13.6 Å². The van der Waals surface area contributed by atoms with Gasteiger partial charge in [-0.1, -0.05) is 24.3 Å². The maximum absolute atomic E-state index is 13.0. The first-order valence-corrected chi connectivity index (χ1v) is 17.1. The zero-order chi connectivity index (χ0) is 33.6. The van der Waals surface area contributed by atoms with Crippen molar-refractivity contribution < 1.29 is 86.0 Å². The first-order chi connectivity index (χ1) is 20.6. The molecule has 2 aliphatic carbocycles. The van der Waals surface area contributed by atoms with Gasteiger partial charge in [0.2, 0.25) is 0 Å². The van der Waals surface area contributed by atoms with E-state index in [1.165, 1.54) is 19.1 Å². The topological polar surface area (TPSA) is 319 Å². The van der Waals surface area contributed by atoms with Crippen LogP contribution in [0.25, 0.3) is 11.1 Å². The lowest BCUT2D eigenvalue weighted by Gasteiger charge is -2.45. The van der Waals surface area contributed by atoms with Crippen LogP contribution >= 0.6 is 23.5 Å². The maximum Gasteiger partial charge on any atom is 0.509 e. The lowest BCUT2D eigenvalue weighted by Crippen LogP contribution is -2.66. The van der Waals surface area contributed by atoms with Crippen LogP contribution in [-0.2, 0) is 43.2 Å². The highest BCUT2D eigenvalue weighted by molar-refractivity contribution is 7.46. The number of phosphoric acid groups is 3. The minimum Gasteiger partial charge on any atom is -0.426 e. The molecule has 23 heteroatoms. The number of nitro benzene ring substituents is 1. The van der Waals surface area contributed by atoms with Gasteiger partial charge in [-0.3, -0.25) is 23.7 Å². The highest BCUT2D eigenvalue weighted by Gasteiger charge is 2.58. The average molecular weight is 701 g/mol. The minimum absolute atomic E-state index is 0.139. The van der Waals surface area contributed by atoms with Crippen molar-refractivity contribution in [2.24, 2.45) is 0 Å². The molecule has 0 aliphatic heterocycles. The zero-order valence-corrected chi connectivity index (χ0v) is 25.3. The number of aliphatic hydroxyl groups excluding tert-OH is 2. The molecule has 0 radical (unpaired) electrons. The van der Waals surface area contributed by atoms with Crippen LogP contribution in [0.4, 0.5) is 10.5 Å². The lowest BCUT2D eigenvalue weighted by atomic mass is 9.85. The average Bonchev–Trinajstić information content (AvgIpc) is 3.26. The van der Waals surface area contributed by atoms with E-state index >= 15 is 0 Å². The summed E-state index contributed by atoms with van der Waals surface area (Å²) in [5.74, 6) is 0. The summed E-state index contributed by atoms with van der Waals surface area (Å²) in [7, 11) is -17.1. The Kier molecular flexibility index (Phi) is 10.1. The number of nitro groups is 1. The van der Waals surface area contributed by atoms with Gasteiger partial charge in [-0.2, -0.15) is 0 Å². The Morgan fingerprint density at radius 3 is 1.87 bits per heavy atom. The van der Waals surface area contributed by atoms with Crippen molar-refractivity contribution in [2.75, 3.05) is 0 Å². The SMILES string of the molecule is CC(OC(=O)OC1C(OP(=O)(O)O)C(O)C(O)C(OP(=O)(O)O)C1OP(=O)(O)O)c1cc2c(cc1[N+](=O)[O-])Cc1ccccc1-2. The molecule has 7 atom stereocenters. The third-order valence-corrected chi connectivity index (χ3v) is 8.41. The van der Waals surface area contributed by atoms with Gasteiger partial charge in [-0.25, -0.2) is 18.5 Å². The number of carbonyl (C=O) groups is 1. The second-order valence-electron chi connectivity index (χ2n) is 9.91. The number of phosphoric ester groups is 3. The smallest absolute Gasteiger partial charge is 0.426 e. The van der Waals surface area contributed by atoms with Gasteiger partial charge in [0.1, 0.15) is 36.6 Å². The van der Waals surface area contributed by atoms with Gasteiger partial charge < -0.3 is 49.0 Å². The highest BCUT2D eigenvalue weighted by Crippen LogP contribution is 2.50. The lowest BCUT2D eigenvalue weighted by molar-refractivity contribution is -0.386. The van der Waals surface area contributed by atoms with E-state index in [9.17, 15) is 68.2 Å². The van der Waals surface area contributed by atoms with E-state index in [0.717, 1.165) is 11.1 Å². The zero-order valence-electron chi connectivity index (χ0n) is 22.6. The molecule has 4 rings (SSSR count). The number of benzene rings is 2. The Balaban J connectivity index is 1.69. The van der Waals surface area contributed by atoms with E-state index in [0.29, 0.717) is 17.5 Å². The van der Waals surface area contributed by atoms with Gasteiger partial charge in [0.25, 0.3) is 5.69 Å². The molecule has 0 saturated heterocycles. The second-order valence-corrected chi connectivity index (χ2v) is 13.5. The molecule has 2 aromatic carbocycles. The van der Waals surface area contributed by atoms with Crippen LogP contribution in [0.5, 0.6) is 0 Å². The fraction of sp³-hybridized carbons (Fsp3) is 0.409. The predicted octanol–water partition coefficient (Wildman–Crippen LogP) is 0.918. The summed E-state index contributed by atoms with van der Waals surface area (Å²) < 4.78 is 58.0. The van der Waals surface area contributed by atoms with E-state index < -0.39 is 83.0 Å². The summed E-state index contributed by atoms with van der Waals surface area (Å²) >= 11 is 0. The molecule has 2 aliphatic rings. The summed E-state index contributed by atoms with van der Waals surface area (Å²) in [6.07, 6.45) is -18.7. The van der Waals surface area contributed by atoms with Crippen molar-refractivity contribution in [1.82, 2.24) is 0 Å². The number of hydrogen-bond acceptors (Lipinski definition) is 13. The van der Waals surface area contributed by atoms with Crippen molar-refractivity contribution in [2.45, 2.75) is 56.1 Å². The molecule has 0 heterocycles. The number of hydrogen-bond donors (Lipinski definition) is 8. The highest BCUT2D eigenvalue weighted by atomic mass is 31.2. The molecule has 248 valence electrons. The van der Waals surface area contributed by atoms with Gasteiger partial charge in [0.05, 0.1) is 10.5 Å². The molecule has 1 saturated carbocycles. The van der Waals surface area contributed by atoms with Crippen LogP contribution in [0, 0.1) is 10.1 Å². The molecular weight excluding hydrogens is 675 g/mol. The number of nitrogens with zero attached hydrogens (tertiary/aromatic N) is 1. The summed E-state index contributed by atoms with van der Waals surface area (Å²) in [5, 5.41) is 32.8. The summed E-state index contributed by atoms with van der Waals surface area (Å²) in [6.45, 7) is 1.18. The Morgan fingerprint density at radius 2 is 1.33 bits per heavy atom. The van der Waals surface area contributed by atoms with E-state index in [1.54, 1.807) is 18.2 Å². The van der Waals surface area contributed by atoms with Gasteiger partial charge in [-0.05, 0) is 41.7 Å². The fourth-order valence-electron chi connectivity index (χ4n) is 5.14. The largest absolute Gasteiger partial charge is 0.509 e. The number of rotatable bonds is 10. The molecule has 0 aromatic heterocycles. The van der Waals surface area contributed by atoms with Gasteiger partial charge in [0, 0.05) is 6.07 Å². The first kappa shape index (κ1) is 35.2. The van der Waals surface area contributed by atoms with Gasteiger partial charge in [0.15, 0.2) is 6.10 Å². The molecule has 20 nitrogen and oxygen atoms in total.